The second-order valence-electron chi connectivity index (χ2n) is 7.66. The summed E-state index contributed by atoms with van der Waals surface area (Å²) in [6.07, 6.45) is 3.04. The van der Waals surface area contributed by atoms with Gasteiger partial charge in [0.1, 0.15) is 15.7 Å². The molecule has 0 saturated carbocycles. The summed E-state index contributed by atoms with van der Waals surface area (Å²) in [6.45, 7) is 0.888. The molecule has 5 rings (SSSR count). The van der Waals surface area contributed by atoms with Crippen molar-refractivity contribution < 1.29 is 13.2 Å². The molecular formula is C23H22N4O3S2. The highest BCUT2D eigenvalue weighted by Gasteiger charge is 2.32. The predicted octanol–water partition coefficient (Wildman–Crippen LogP) is 4.33. The Balaban J connectivity index is 1.34. The van der Waals surface area contributed by atoms with E-state index in [9.17, 15) is 8.42 Å². The summed E-state index contributed by atoms with van der Waals surface area (Å²) in [5.74, 6) is 0.952. The normalized spacial score (nSPS) is 15.8. The summed E-state index contributed by atoms with van der Waals surface area (Å²) in [7, 11) is -1.98. The molecule has 1 aliphatic heterocycles. The second kappa shape index (κ2) is 8.57. The number of nitrogens with zero attached hydrogens (tertiary/aromatic N) is 4. The van der Waals surface area contributed by atoms with E-state index < -0.39 is 10.0 Å². The number of aromatic nitrogens is 3. The van der Waals surface area contributed by atoms with Gasteiger partial charge in [-0.3, -0.25) is 4.98 Å². The van der Waals surface area contributed by atoms with Crippen molar-refractivity contribution in [3.05, 3.63) is 65.8 Å². The SMILES string of the molecule is COc1ccccc1-c1nnc(C2CCN(S(=O)(=O)c3cccc4cccnc34)CC2)s1. The molecule has 7 nitrogen and oxygen atoms in total. The summed E-state index contributed by atoms with van der Waals surface area (Å²) in [4.78, 5) is 4.58. The summed E-state index contributed by atoms with van der Waals surface area (Å²) < 4.78 is 33.7. The van der Waals surface area contributed by atoms with Gasteiger partial charge in [-0.25, -0.2) is 8.42 Å². The van der Waals surface area contributed by atoms with Crippen molar-refractivity contribution in [2.24, 2.45) is 0 Å². The third-order valence-corrected chi connectivity index (χ3v) is 8.84. The third-order valence-electron chi connectivity index (χ3n) is 5.79. The summed E-state index contributed by atoms with van der Waals surface area (Å²) in [6, 6.07) is 16.7. The van der Waals surface area contributed by atoms with Crippen LogP contribution in [0.25, 0.3) is 21.5 Å². The Hall–Kier alpha value is -2.88. The van der Waals surface area contributed by atoms with Crippen LogP contribution in [-0.4, -0.2) is 48.1 Å². The molecule has 164 valence electrons. The molecule has 9 heteroatoms. The maximum absolute atomic E-state index is 13.4. The number of benzene rings is 2. The van der Waals surface area contributed by atoms with Crippen molar-refractivity contribution in [1.82, 2.24) is 19.5 Å². The average molecular weight is 467 g/mol. The maximum Gasteiger partial charge on any atom is 0.245 e. The van der Waals surface area contributed by atoms with Crippen LogP contribution >= 0.6 is 11.3 Å². The molecule has 0 aliphatic carbocycles. The molecule has 0 unspecified atom stereocenters. The van der Waals surface area contributed by atoms with Gasteiger partial charge >= 0.3 is 0 Å². The Kier molecular flexibility index (Phi) is 5.62. The van der Waals surface area contributed by atoms with Crippen molar-refractivity contribution in [2.45, 2.75) is 23.7 Å². The average Bonchev–Trinajstić information content (AvgIpc) is 3.34. The highest BCUT2D eigenvalue weighted by Crippen LogP contribution is 2.37. The minimum atomic E-state index is -3.62. The number of fused-ring (bicyclic) bond motifs is 1. The summed E-state index contributed by atoms with van der Waals surface area (Å²) in [5, 5.41) is 11.4. The van der Waals surface area contributed by atoms with Crippen LogP contribution in [0.5, 0.6) is 5.75 Å². The van der Waals surface area contributed by atoms with Gasteiger partial charge in [0.2, 0.25) is 10.0 Å². The fraction of sp³-hybridized carbons (Fsp3) is 0.261. The zero-order valence-electron chi connectivity index (χ0n) is 17.5. The lowest BCUT2D eigenvalue weighted by atomic mass is 9.99. The minimum Gasteiger partial charge on any atom is -0.496 e. The molecule has 1 saturated heterocycles. The molecule has 0 bridgehead atoms. The zero-order valence-corrected chi connectivity index (χ0v) is 19.1. The van der Waals surface area contributed by atoms with Crippen LogP contribution in [0.3, 0.4) is 0 Å². The Bertz CT molecular complexity index is 1360. The lowest BCUT2D eigenvalue weighted by Gasteiger charge is -2.30. The molecule has 0 amide bonds. The van der Waals surface area contributed by atoms with E-state index in [-0.39, 0.29) is 10.8 Å². The molecule has 1 fully saturated rings. The first-order chi connectivity index (χ1) is 15.6. The van der Waals surface area contributed by atoms with Crippen LogP contribution in [0, 0.1) is 0 Å². The number of rotatable bonds is 5. The molecular weight excluding hydrogens is 444 g/mol. The van der Waals surface area contributed by atoms with Gasteiger partial charge in [-0.2, -0.15) is 4.31 Å². The molecule has 0 spiro atoms. The van der Waals surface area contributed by atoms with Crippen LogP contribution < -0.4 is 4.74 Å². The first kappa shape index (κ1) is 21.0. The number of hydrogen-bond donors (Lipinski definition) is 0. The van der Waals surface area contributed by atoms with E-state index in [1.54, 1.807) is 41.1 Å². The predicted molar refractivity (Wildman–Crippen MR) is 124 cm³/mol. The molecule has 2 aromatic carbocycles. The molecule has 0 atom stereocenters. The monoisotopic (exact) mass is 466 g/mol. The quantitative estimate of drug-likeness (QED) is 0.435. The minimum absolute atomic E-state index is 0.188. The fourth-order valence-electron chi connectivity index (χ4n) is 4.10. The summed E-state index contributed by atoms with van der Waals surface area (Å²) >= 11 is 1.55. The number of hydrogen-bond acceptors (Lipinski definition) is 7. The van der Waals surface area contributed by atoms with Crippen molar-refractivity contribution in [3.63, 3.8) is 0 Å². The fourth-order valence-corrected chi connectivity index (χ4v) is 6.77. The Morgan fingerprint density at radius 1 is 1.00 bits per heavy atom. The van der Waals surface area contributed by atoms with Gasteiger partial charge in [0.25, 0.3) is 0 Å². The van der Waals surface area contributed by atoms with Crippen LogP contribution in [0.2, 0.25) is 0 Å². The lowest BCUT2D eigenvalue weighted by Crippen LogP contribution is -2.38. The first-order valence-corrected chi connectivity index (χ1v) is 12.6. The summed E-state index contributed by atoms with van der Waals surface area (Å²) in [5.41, 5.74) is 1.44. The van der Waals surface area contributed by atoms with E-state index in [1.165, 1.54) is 0 Å². The van der Waals surface area contributed by atoms with Crippen molar-refractivity contribution >= 4 is 32.3 Å². The van der Waals surface area contributed by atoms with E-state index in [4.69, 9.17) is 4.74 Å². The van der Waals surface area contributed by atoms with Crippen LogP contribution in [0.15, 0.2) is 65.7 Å². The molecule has 0 N–H and O–H groups in total. The second-order valence-corrected chi connectivity index (χ2v) is 10.6. The maximum atomic E-state index is 13.4. The van der Waals surface area contributed by atoms with Crippen LogP contribution in [0.4, 0.5) is 0 Å². The standard InChI is InChI=1S/C23H22N4O3S2/c1-30-19-9-3-2-8-18(19)23-26-25-22(31-23)17-11-14-27(15-12-17)32(28,29)20-10-4-6-16-7-5-13-24-21(16)20/h2-10,13,17H,11-12,14-15H2,1H3. The highest BCUT2D eigenvalue weighted by molar-refractivity contribution is 7.89. The van der Waals surface area contributed by atoms with E-state index in [1.807, 2.05) is 42.5 Å². The van der Waals surface area contributed by atoms with Gasteiger partial charge in [0, 0.05) is 30.6 Å². The number of pyridine rings is 1. The number of piperidine rings is 1. The van der Waals surface area contributed by atoms with Crippen LogP contribution in [-0.2, 0) is 10.0 Å². The highest BCUT2D eigenvalue weighted by atomic mass is 32.2. The van der Waals surface area contributed by atoms with E-state index >= 15 is 0 Å². The van der Waals surface area contributed by atoms with Gasteiger partial charge in [-0.05, 0) is 37.1 Å². The molecule has 1 aliphatic rings. The molecule has 4 aromatic rings. The smallest absolute Gasteiger partial charge is 0.245 e. The van der Waals surface area contributed by atoms with E-state index in [0.717, 1.165) is 26.7 Å². The first-order valence-electron chi connectivity index (χ1n) is 10.4. The Labute approximate surface area is 190 Å². The van der Waals surface area contributed by atoms with Crippen molar-refractivity contribution in [2.75, 3.05) is 20.2 Å². The molecule has 32 heavy (non-hydrogen) atoms. The van der Waals surface area contributed by atoms with Gasteiger partial charge in [-0.15, -0.1) is 10.2 Å². The van der Waals surface area contributed by atoms with E-state index in [0.29, 0.717) is 31.4 Å². The van der Waals surface area contributed by atoms with Gasteiger partial charge in [0.15, 0.2) is 5.01 Å². The molecule has 0 radical (unpaired) electrons. The lowest BCUT2D eigenvalue weighted by molar-refractivity contribution is 0.319. The Morgan fingerprint density at radius 3 is 2.59 bits per heavy atom. The number of methoxy groups -OCH3 is 1. The largest absolute Gasteiger partial charge is 0.496 e. The van der Waals surface area contributed by atoms with Crippen molar-refractivity contribution in [3.8, 4) is 16.3 Å². The van der Waals surface area contributed by atoms with Crippen molar-refractivity contribution in [1.29, 1.82) is 0 Å². The Morgan fingerprint density at radius 2 is 1.78 bits per heavy atom. The number of sulfonamides is 1. The van der Waals surface area contributed by atoms with Crippen LogP contribution in [0.1, 0.15) is 23.8 Å². The van der Waals surface area contributed by atoms with Gasteiger partial charge in [0.05, 0.1) is 18.2 Å². The molecule has 3 heterocycles. The number of para-hydroxylation sites is 2. The zero-order chi connectivity index (χ0) is 22.1. The van der Waals surface area contributed by atoms with E-state index in [2.05, 4.69) is 15.2 Å². The topological polar surface area (TPSA) is 85.3 Å². The third kappa shape index (κ3) is 3.76. The number of ether oxygens (including phenoxy) is 1. The molecule has 2 aromatic heterocycles. The van der Waals surface area contributed by atoms with Gasteiger partial charge in [-0.1, -0.05) is 41.7 Å². The van der Waals surface area contributed by atoms with Gasteiger partial charge < -0.3 is 4.74 Å².